The molecule has 12 N–H and O–H groups in total. The van der Waals surface area contributed by atoms with Gasteiger partial charge in [-0.05, 0) is 56.9 Å². The Hall–Kier alpha value is -2.93. The fourth-order valence-electron chi connectivity index (χ4n) is 3.66. The number of hydrogen-bond donors (Lipinski definition) is 9. The van der Waals surface area contributed by atoms with Gasteiger partial charge in [-0.15, -0.1) is 0 Å². The van der Waals surface area contributed by atoms with E-state index in [9.17, 15) is 24.3 Å². The molecule has 0 spiro atoms. The molecule has 4 atom stereocenters. The summed E-state index contributed by atoms with van der Waals surface area (Å²) in [4.78, 5) is 50.5. The second-order valence-electron chi connectivity index (χ2n) is 10.2. The van der Waals surface area contributed by atoms with Crippen LogP contribution >= 0.6 is 0 Å². The van der Waals surface area contributed by atoms with Gasteiger partial charge in [-0.25, -0.2) is 4.79 Å². The smallest absolute Gasteiger partial charge is 0.326 e. The first kappa shape index (κ1) is 34.1. The van der Waals surface area contributed by atoms with Crippen LogP contribution in [0.2, 0.25) is 0 Å². The molecule has 0 fully saturated rings. The molecule has 0 saturated carbocycles. The van der Waals surface area contributed by atoms with Crippen molar-refractivity contribution >= 4 is 29.7 Å². The predicted molar refractivity (Wildman–Crippen MR) is 142 cm³/mol. The summed E-state index contributed by atoms with van der Waals surface area (Å²) in [5, 5.41) is 27.3. The van der Waals surface area contributed by atoms with Crippen LogP contribution in [-0.4, -0.2) is 72.0 Å². The van der Waals surface area contributed by atoms with Gasteiger partial charge in [0.05, 0.1) is 6.04 Å². The van der Waals surface area contributed by atoms with Gasteiger partial charge < -0.3 is 43.6 Å². The minimum atomic E-state index is -1.17. The van der Waals surface area contributed by atoms with Crippen LogP contribution in [0.5, 0.6) is 0 Å². The predicted octanol–water partition coefficient (Wildman–Crippen LogP) is -0.663. The number of carbonyl (C=O) groups excluding carboxylic acids is 3. The lowest BCUT2D eigenvalue weighted by atomic mass is 10.0. The zero-order chi connectivity index (χ0) is 28.5. The van der Waals surface area contributed by atoms with E-state index in [2.05, 4.69) is 21.3 Å². The Bertz CT molecular complexity index is 747. The molecule has 214 valence electrons. The van der Waals surface area contributed by atoms with Crippen LogP contribution in [-0.2, 0) is 19.2 Å². The Kier molecular flexibility index (Phi) is 16.9. The summed E-state index contributed by atoms with van der Waals surface area (Å²) in [6.07, 6.45) is 2.92. The van der Waals surface area contributed by atoms with Gasteiger partial charge in [-0.1, -0.05) is 34.1 Å². The third-order valence-electron chi connectivity index (χ3n) is 5.59. The number of nitrogens with one attached hydrogen (secondary N) is 5. The Labute approximate surface area is 219 Å². The third kappa shape index (κ3) is 15.7. The van der Waals surface area contributed by atoms with Gasteiger partial charge >= 0.3 is 5.97 Å². The van der Waals surface area contributed by atoms with Gasteiger partial charge in [0.15, 0.2) is 5.96 Å². The average molecular weight is 529 g/mol. The first-order chi connectivity index (χ1) is 17.3. The second kappa shape index (κ2) is 18.3. The summed E-state index contributed by atoms with van der Waals surface area (Å²) in [5.74, 6) is -2.99. The summed E-state index contributed by atoms with van der Waals surface area (Å²) >= 11 is 0. The number of carbonyl (C=O) groups is 4. The number of carboxylic acids is 1. The molecule has 0 saturated heterocycles. The first-order valence-corrected chi connectivity index (χ1v) is 13.0. The molecule has 0 aromatic rings. The molecule has 0 aromatic carbocycles. The highest BCUT2D eigenvalue weighted by atomic mass is 16.4. The number of guanidine groups is 1. The lowest BCUT2D eigenvalue weighted by molar-refractivity contribution is -0.142. The Morgan fingerprint density at radius 1 is 0.784 bits per heavy atom. The number of carboxylic acid groups (broad SMARTS) is 1. The number of amides is 3. The SMILES string of the molecule is CC(C)C[C@H](NC(=O)[C@H](CCCNC(=N)N)NC(=O)[C@H](CC(C)C)NC(=O)[C@@H](N)CCCCN)C(=O)O. The van der Waals surface area contributed by atoms with E-state index in [1.54, 1.807) is 0 Å². The Morgan fingerprint density at radius 2 is 1.30 bits per heavy atom. The van der Waals surface area contributed by atoms with Crippen LogP contribution in [0.1, 0.15) is 72.6 Å². The quantitative estimate of drug-likeness (QED) is 0.0586. The fraction of sp³-hybridized carbons (Fsp3) is 0.792. The maximum Gasteiger partial charge on any atom is 0.326 e. The van der Waals surface area contributed by atoms with Crippen molar-refractivity contribution in [1.82, 2.24) is 21.3 Å². The standard InChI is InChI=1S/C24H48N8O5/c1-14(2)12-18(31-20(33)16(26)8-5-6-10-25)22(35)30-17(9-7-11-29-24(27)28)21(34)32-19(23(36)37)13-15(3)4/h14-19H,5-13,25-26H2,1-4H3,(H,30,35)(H,31,33)(H,32,34)(H,36,37)(H4,27,28,29)/t16-,17-,18-,19-/m0/s1. The molecule has 0 aromatic heterocycles. The van der Waals surface area contributed by atoms with E-state index in [4.69, 9.17) is 22.6 Å². The number of rotatable bonds is 19. The van der Waals surface area contributed by atoms with Crippen molar-refractivity contribution in [3.63, 3.8) is 0 Å². The molecule has 13 nitrogen and oxygen atoms in total. The molecular weight excluding hydrogens is 480 g/mol. The van der Waals surface area contributed by atoms with E-state index in [1.807, 2.05) is 27.7 Å². The molecule has 37 heavy (non-hydrogen) atoms. The summed E-state index contributed by atoms with van der Waals surface area (Å²) < 4.78 is 0. The highest BCUT2D eigenvalue weighted by Gasteiger charge is 2.30. The van der Waals surface area contributed by atoms with Gasteiger partial charge in [0.25, 0.3) is 0 Å². The molecule has 0 unspecified atom stereocenters. The average Bonchev–Trinajstić information content (AvgIpc) is 2.79. The van der Waals surface area contributed by atoms with Crippen molar-refractivity contribution in [3.05, 3.63) is 0 Å². The molecule has 0 aliphatic carbocycles. The lowest BCUT2D eigenvalue weighted by Gasteiger charge is -2.26. The van der Waals surface area contributed by atoms with Gasteiger partial charge in [0, 0.05) is 6.54 Å². The Balaban J connectivity index is 5.54. The highest BCUT2D eigenvalue weighted by molar-refractivity contribution is 5.94. The van der Waals surface area contributed by atoms with Crippen molar-refractivity contribution in [3.8, 4) is 0 Å². The van der Waals surface area contributed by atoms with E-state index >= 15 is 0 Å². The molecule has 0 aliphatic rings. The van der Waals surface area contributed by atoms with E-state index in [0.717, 1.165) is 6.42 Å². The molecule has 0 rings (SSSR count). The number of unbranched alkanes of at least 4 members (excludes halogenated alkanes) is 1. The lowest BCUT2D eigenvalue weighted by Crippen LogP contribution is -2.57. The monoisotopic (exact) mass is 528 g/mol. The van der Waals surface area contributed by atoms with Gasteiger partial charge in [0.1, 0.15) is 18.1 Å². The minimum Gasteiger partial charge on any atom is -0.480 e. The minimum absolute atomic E-state index is 0.0221. The van der Waals surface area contributed by atoms with Crippen LogP contribution in [0.15, 0.2) is 0 Å². The molecule has 0 bridgehead atoms. The zero-order valence-corrected chi connectivity index (χ0v) is 22.6. The maximum atomic E-state index is 13.2. The van der Waals surface area contributed by atoms with E-state index < -0.39 is 47.9 Å². The number of nitrogens with two attached hydrogens (primary N) is 3. The maximum absolute atomic E-state index is 13.2. The topological polar surface area (TPSA) is 239 Å². The van der Waals surface area contributed by atoms with Crippen molar-refractivity contribution in [2.24, 2.45) is 29.0 Å². The van der Waals surface area contributed by atoms with Crippen molar-refractivity contribution in [2.45, 2.75) is 96.8 Å². The molecule has 0 heterocycles. The first-order valence-electron chi connectivity index (χ1n) is 13.0. The van der Waals surface area contributed by atoms with E-state index in [1.165, 1.54) is 0 Å². The number of hydrogen-bond acceptors (Lipinski definition) is 7. The zero-order valence-electron chi connectivity index (χ0n) is 22.6. The van der Waals surface area contributed by atoms with Crippen LogP contribution in [0.25, 0.3) is 0 Å². The Morgan fingerprint density at radius 3 is 1.81 bits per heavy atom. The number of aliphatic carboxylic acids is 1. The van der Waals surface area contributed by atoms with E-state index in [0.29, 0.717) is 32.2 Å². The van der Waals surface area contributed by atoms with Crippen molar-refractivity contribution < 1.29 is 24.3 Å². The molecule has 0 aliphatic heterocycles. The normalized spacial score (nSPS) is 14.4. The molecular formula is C24H48N8O5. The molecule has 0 radical (unpaired) electrons. The summed E-state index contributed by atoms with van der Waals surface area (Å²) in [5.41, 5.74) is 16.8. The summed E-state index contributed by atoms with van der Waals surface area (Å²) in [7, 11) is 0. The van der Waals surface area contributed by atoms with Crippen LogP contribution < -0.4 is 38.5 Å². The molecule has 3 amide bonds. The van der Waals surface area contributed by atoms with Crippen LogP contribution in [0.3, 0.4) is 0 Å². The van der Waals surface area contributed by atoms with Crippen LogP contribution in [0, 0.1) is 17.2 Å². The van der Waals surface area contributed by atoms with Gasteiger partial charge in [-0.3, -0.25) is 19.8 Å². The summed E-state index contributed by atoms with van der Waals surface area (Å²) in [6.45, 7) is 8.26. The van der Waals surface area contributed by atoms with E-state index in [-0.39, 0.29) is 37.2 Å². The summed E-state index contributed by atoms with van der Waals surface area (Å²) in [6, 6.07) is -3.89. The highest BCUT2D eigenvalue weighted by Crippen LogP contribution is 2.10. The van der Waals surface area contributed by atoms with Crippen molar-refractivity contribution in [2.75, 3.05) is 13.1 Å². The van der Waals surface area contributed by atoms with Crippen LogP contribution in [0.4, 0.5) is 0 Å². The fourth-order valence-corrected chi connectivity index (χ4v) is 3.66. The third-order valence-corrected chi connectivity index (χ3v) is 5.59. The largest absolute Gasteiger partial charge is 0.480 e. The van der Waals surface area contributed by atoms with Gasteiger partial charge in [0.2, 0.25) is 17.7 Å². The van der Waals surface area contributed by atoms with Gasteiger partial charge in [-0.2, -0.15) is 0 Å². The van der Waals surface area contributed by atoms with Crippen molar-refractivity contribution in [1.29, 1.82) is 5.41 Å². The molecule has 13 heteroatoms. The second-order valence-corrected chi connectivity index (χ2v) is 10.2.